The minimum Gasteiger partial charge on any atom is -0.0843 e. The molecule has 0 fully saturated rings. The molecule has 0 N–H and O–H groups in total. The molecule has 0 aliphatic heterocycles. The van der Waals surface area contributed by atoms with Crippen LogP contribution in [0.5, 0.6) is 0 Å². The van der Waals surface area contributed by atoms with Crippen LogP contribution in [0.3, 0.4) is 0 Å². The minimum atomic E-state index is 0.552. The van der Waals surface area contributed by atoms with Gasteiger partial charge in [0.25, 0.3) is 0 Å². The third-order valence-electron chi connectivity index (χ3n) is 1.87. The van der Waals surface area contributed by atoms with Crippen molar-refractivity contribution in [1.29, 1.82) is 0 Å². The molecule has 66 valence electrons. The fourth-order valence-corrected chi connectivity index (χ4v) is 1.79. The van der Waals surface area contributed by atoms with E-state index in [4.69, 9.17) is 34.8 Å². The second kappa shape index (κ2) is 3.38. The molecule has 0 heterocycles. The van der Waals surface area contributed by atoms with Gasteiger partial charge in [0.15, 0.2) is 0 Å². The van der Waals surface area contributed by atoms with Crippen LogP contribution in [0.25, 0.3) is 10.8 Å². The minimum absolute atomic E-state index is 0.552. The van der Waals surface area contributed by atoms with Gasteiger partial charge < -0.3 is 0 Å². The Labute approximate surface area is 91.0 Å². The largest absolute Gasteiger partial charge is 0.0843 e. The first-order valence-electron chi connectivity index (χ1n) is 3.72. The lowest BCUT2D eigenvalue weighted by atomic mass is 10.1. The number of halogens is 3. The topological polar surface area (TPSA) is 0 Å². The summed E-state index contributed by atoms with van der Waals surface area (Å²) < 4.78 is 0. The molecule has 2 aromatic carbocycles. The summed E-state index contributed by atoms with van der Waals surface area (Å²) in [6, 6.07) is 9.25. The molecule has 0 amide bonds. The molecule has 0 bridgehead atoms. The molecule has 0 saturated heterocycles. The molecule has 0 unspecified atom stereocenters. The van der Waals surface area contributed by atoms with Gasteiger partial charge in [-0.25, -0.2) is 0 Å². The Kier molecular flexibility index (Phi) is 2.37. The fourth-order valence-electron chi connectivity index (χ4n) is 1.23. The normalized spacial score (nSPS) is 10.7. The highest BCUT2D eigenvalue weighted by Gasteiger charge is 2.03. The summed E-state index contributed by atoms with van der Waals surface area (Å²) in [5.74, 6) is 0. The molecule has 0 spiro atoms. The number of hydrogen-bond donors (Lipinski definition) is 0. The highest BCUT2D eigenvalue weighted by molar-refractivity contribution is 6.45. The quantitative estimate of drug-likeness (QED) is 0.611. The van der Waals surface area contributed by atoms with Crippen molar-refractivity contribution in [3.8, 4) is 0 Å². The average molecular weight is 232 g/mol. The molecule has 0 aromatic heterocycles. The fraction of sp³-hybridized carbons (Fsp3) is 0. The summed E-state index contributed by atoms with van der Waals surface area (Å²) in [7, 11) is 0. The van der Waals surface area contributed by atoms with Crippen molar-refractivity contribution in [1.82, 2.24) is 0 Å². The highest BCUT2D eigenvalue weighted by Crippen LogP contribution is 2.32. The average Bonchev–Trinajstić information content (AvgIpc) is 2.12. The smallest absolute Gasteiger partial charge is 0.0671 e. The molecule has 2 aromatic rings. The van der Waals surface area contributed by atoms with Gasteiger partial charge in [0, 0.05) is 10.4 Å². The first kappa shape index (κ1) is 9.14. The predicted octanol–water partition coefficient (Wildman–Crippen LogP) is 4.80. The summed E-state index contributed by atoms with van der Waals surface area (Å²) in [6.45, 7) is 0. The van der Waals surface area contributed by atoms with Crippen LogP contribution in [0.2, 0.25) is 15.1 Å². The van der Waals surface area contributed by atoms with E-state index >= 15 is 0 Å². The van der Waals surface area contributed by atoms with Crippen LogP contribution in [0, 0.1) is 0 Å². The summed E-state index contributed by atoms with van der Waals surface area (Å²) in [5.41, 5.74) is 0. The Morgan fingerprint density at radius 3 is 2.31 bits per heavy atom. The van der Waals surface area contributed by atoms with E-state index in [2.05, 4.69) is 0 Å². The van der Waals surface area contributed by atoms with Crippen LogP contribution in [0.1, 0.15) is 0 Å². The summed E-state index contributed by atoms with van der Waals surface area (Å²) in [4.78, 5) is 0. The van der Waals surface area contributed by atoms with Crippen LogP contribution in [-0.4, -0.2) is 0 Å². The Morgan fingerprint density at radius 2 is 1.54 bits per heavy atom. The molecular weight excluding hydrogens is 226 g/mol. The third-order valence-corrected chi connectivity index (χ3v) is 2.92. The summed E-state index contributed by atoms with van der Waals surface area (Å²) >= 11 is 17.7. The molecule has 13 heavy (non-hydrogen) atoms. The van der Waals surface area contributed by atoms with Crippen LogP contribution >= 0.6 is 34.8 Å². The zero-order valence-corrected chi connectivity index (χ0v) is 8.79. The number of fused-ring (bicyclic) bond motifs is 1. The molecular formula is C10H5Cl3. The van der Waals surface area contributed by atoms with E-state index in [-0.39, 0.29) is 0 Å². The van der Waals surface area contributed by atoms with Gasteiger partial charge in [0.1, 0.15) is 0 Å². The zero-order chi connectivity index (χ0) is 9.42. The molecule has 0 aliphatic rings. The maximum absolute atomic E-state index is 6.01. The predicted molar refractivity (Wildman–Crippen MR) is 59.0 cm³/mol. The summed E-state index contributed by atoms with van der Waals surface area (Å²) in [5, 5.41) is 3.70. The number of benzene rings is 2. The second-order valence-corrected chi connectivity index (χ2v) is 3.95. The Morgan fingerprint density at radius 1 is 0.846 bits per heavy atom. The third kappa shape index (κ3) is 1.62. The van der Waals surface area contributed by atoms with Gasteiger partial charge in [-0.2, -0.15) is 0 Å². The maximum Gasteiger partial charge on any atom is 0.0671 e. The molecule has 0 radical (unpaired) electrons. The van der Waals surface area contributed by atoms with Crippen LogP contribution < -0.4 is 0 Å². The van der Waals surface area contributed by atoms with Crippen molar-refractivity contribution >= 4 is 45.6 Å². The van der Waals surface area contributed by atoms with E-state index in [1.165, 1.54) is 0 Å². The van der Waals surface area contributed by atoms with Crippen molar-refractivity contribution in [3.05, 3.63) is 45.4 Å². The van der Waals surface area contributed by atoms with Gasteiger partial charge in [-0.05, 0) is 23.6 Å². The van der Waals surface area contributed by atoms with Crippen molar-refractivity contribution in [2.24, 2.45) is 0 Å². The van der Waals surface area contributed by atoms with Crippen LogP contribution in [0.15, 0.2) is 30.3 Å². The Hall–Kier alpha value is -0.430. The molecule has 2 rings (SSSR count). The van der Waals surface area contributed by atoms with E-state index in [1.807, 2.05) is 24.3 Å². The molecule has 3 heteroatoms. The van der Waals surface area contributed by atoms with Crippen molar-refractivity contribution in [2.45, 2.75) is 0 Å². The van der Waals surface area contributed by atoms with Gasteiger partial charge in [-0.1, -0.05) is 46.9 Å². The lowest BCUT2D eigenvalue weighted by molar-refractivity contribution is 1.74. The first-order chi connectivity index (χ1) is 6.18. The Balaban J connectivity index is 2.89. The number of rotatable bonds is 0. The lowest BCUT2D eigenvalue weighted by Gasteiger charge is -2.02. The van der Waals surface area contributed by atoms with Gasteiger partial charge in [0.05, 0.1) is 10.0 Å². The van der Waals surface area contributed by atoms with Crippen LogP contribution in [0.4, 0.5) is 0 Å². The van der Waals surface area contributed by atoms with E-state index in [0.29, 0.717) is 15.1 Å². The van der Waals surface area contributed by atoms with Gasteiger partial charge >= 0.3 is 0 Å². The molecule has 0 aliphatic carbocycles. The summed E-state index contributed by atoms with van der Waals surface area (Å²) in [6.07, 6.45) is 0. The molecule has 0 saturated carbocycles. The van der Waals surface area contributed by atoms with Crippen molar-refractivity contribution in [3.63, 3.8) is 0 Å². The first-order valence-corrected chi connectivity index (χ1v) is 4.85. The maximum atomic E-state index is 6.01. The number of hydrogen-bond acceptors (Lipinski definition) is 0. The monoisotopic (exact) mass is 230 g/mol. The van der Waals surface area contributed by atoms with Crippen LogP contribution in [-0.2, 0) is 0 Å². The molecule has 0 atom stereocenters. The van der Waals surface area contributed by atoms with Crippen molar-refractivity contribution in [2.75, 3.05) is 0 Å². The second-order valence-electron chi connectivity index (χ2n) is 2.73. The van der Waals surface area contributed by atoms with Gasteiger partial charge in [0.2, 0.25) is 0 Å². The van der Waals surface area contributed by atoms with E-state index in [1.54, 1.807) is 6.07 Å². The Bertz CT molecular complexity index is 458. The molecule has 0 nitrogen and oxygen atoms in total. The van der Waals surface area contributed by atoms with Gasteiger partial charge in [-0.15, -0.1) is 0 Å². The zero-order valence-electron chi connectivity index (χ0n) is 6.52. The SMILES string of the molecule is Clc1ccc2ccc(Cl)c(Cl)c2c1. The van der Waals surface area contributed by atoms with Gasteiger partial charge in [-0.3, -0.25) is 0 Å². The van der Waals surface area contributed by atoms with Crippen molar-refractivity contribution < 1.29 is 0 Å². The van der Waals surface area contributed by atoms with E-state index < -0.39 is 0 Å². The standard InChI is InChI=1S/C10H5Cl3/c11-7-3-1-6-2-4-9(12)10(13)8(6)5-7/h1-5H. The van der Waals surface area contributed by atoms with E-state index in [0.717, 1.165) is 10.8 Å². The van der Waals surface area contributed by atoms with E-state index in [9.17, 15) is 0 Å². The lowest BCUT2D eigenvalue weighted by Crippen LogP contribution is -1.75. The highest BCUT2D eigenvalue weighted by atomic mass is 35.5.